The molecule has 124 valence electrons. The number of carbonyl (C=O) groups is 1. The number of ether oxygens (including phenoxy) is 1. The summed E-state index contributed by atoms with van der Waals surface area (Å²) in [6.45, 7) is 0. The van der Waals surface area contributed by atoms with Crippen LogP contribution in [-0.2, 0) is 9.53 Å². The zero-order chi connectivity index (χ0) is 17.3. The van der Waals surface area contributed by atoms with Crippen molar-refractivity contribution in [3.8, 4) is 0 Å². The minimum atomic E-state index is -0.686. The molecular formula is C18H14BrF2NO2. The Morgan fingerprint density at radius 1 is 1.17 bits per heavy atom. The van der Waals surface area contributed by atoms with Gasteiger partial charge in [-0.05, 0) is 29.8 Å². The van der Waals surface area contributed by atoms with E-state index in [-0.39, 0.29) is 17.7 Å². The molecule has 3 nitrogen and oxygen atoms in total. The molecule has 2 aromatic carbocycles. The van der Waals surface area contributed by atoms with Gasteiger partial charge in [0, 0.05) is 16.6 Å². The maximum absolute atomic E-state index is 14.1. The van der Waals surface area contributed by atoms with Gasteiger partial charge in [0.05, 0.1) is 24.6 Å². The van der Waals surface area contributed by atoms with Crippen LogP contribution in [0.1, 0.15) is 23.6 Å². The molecule has 3 rings (SSSR count). The predicted octanol–water partition coefficient (Wildman–Crippen LogP) is 4.45. The number of aliphatic imine (C=N–C) groups is 1. The minimum absolute atomic E-state index is 0.130. The number of methoxy groups -OCH3 is 1. The molecular weight excluding hydrogens is 380 g/mol. The number of nitrogens with zero attached hydrogens (tertiary/aromatic N) is 1. The maximum Gasteiger partial charge on any atom is 0.311 e. The first-order chi connectivity index (χ1) is 11.5. The highest BCUT2D eigenvalue weighted by Gasteiger charge is 2.38. The molecule has 0 amide bonds. The monoisotopic (exact) mass is 393 g/mol. The summed E-state index contributed by atoms with van der Waals surface area (Å²) >= 11 is 3.35. The molecule has 1 aliphatic heterocycles. The summed E-state index contributed by atoms with van der Waals surface area (Å²) in [6, 6.07) is 10.5. The number of carbonyl (C=O) groups excluding carboxylic acids is 1. The number of benzene rings is 2. The molecule has 0 saturated heterocycles. The van der Waals surface area contributed by atoms with E-state index in [1.165, 1.54) is 25.3 Å². The fraction of sp³-hybridized carbons (Fsp3) is 0.222. The Hall–Kier alpha value is -2.08. The van der Waals surface area contributed by atoms with Gasteiger partial charge in [-0.1, -0.05) is 34.1 Å². The SMILES string of the molecule is COC(=O)[C@H]1CC(c2c(F)cccc2F)=N[C@H]1c1ccc(Br)cc1. The second kappa shape index (κ2) is 6.81. The van der Waals surface area contributed by atoms with Crippen LogP contribution >= 0.6 is 15.9 Å². The van der Waals surface area contributed by atoms with E-state index in [2.05, 4.69) is 20.9 Å². The van der Waals surface area contributed by atoms with Crippen molar-refractivity contribution >= 4 is 27.6 Å². The van der Waals surface area contributed by atoms with E-state index in [1.807, 2.05) is 24.3 Å². The average Bonchev–Trinajstić information content (AvgIpc) is 2.99. The van der Waals surface area contributed by atoms with Crippen molar-refractivity contribution in [2.45, 2.75) is 12.5 Å². The van der Waals surface area contributed by atoms with Gasteiger partial charge in [-0.2, -0.15) is 0 Å². The molecule has 0 aliphatic carbocycles. The average molecular weight is 394 g/mol. The molecule has 2 aromatic rings. The quantitative estimate of drug-likeness (QED) is 0.722. The molecule has 2 atom stereocenters. The molecule has 0 saturated carbocycles. The van der Waals surface area contributed by atoms with Crippen LogP contribution in [0.4, 0.5) is 8.78 Å². The third kappa shape index (κ3) is 3.11. The van der Waals surface area contributed by atoms with Crippen LogP contribution in [0.15, 0.2) is 51.9 Å². The minimum Gasteiger partial charge on any atom is -0.469 e. The van der Waals surface area contributed by atoms with Gasteiger partial charge in [0.15, 0.2) is 0 Å². The molecule has 0 radical (unpaired) electrons. The zero-order valence-corrected chi connectivity index (χ0v) is 14.4. The highest BCUT2D eigenvalue weighted by molar-refractivity contribution is 9.10. The Morgan fingerprint density at radius 2 is 1.79 bits per heavy atom. The van der Waals surface area contributed by atoms with Gasteiger partial charge in [-0.25, -0.2) is 8.78 Å². The van der Waals surface area contributed by atoms with Gasteiger partial charge in [0.1, 0.15) is 11.6 Å². The molecule has 24 heavy (non-hydrogen) atoms. The Kier molecular flexibility index (Phi) is 4.76. The van der Waals surface area contributed by atoms with E-state index in [4.69, 9.17) is 4.74 Å². The molecule has 0 aromatic heterocycles. The zero-order valence-electron chi connectivity index (χ0n) is 12.8. The Bertz CT molecular complexity index is 785. The van der Waals surface area contributed by atoms with Crippen molar-refractivity contribution in [3.63, 3.8) is 0 Å². The predicted molar refractivity (Wildman–Crippen MR) is 89.9 cm³/mol. The van der Waals surface area contributed by atoms with Crippen molar-refractivity contribution in [1.29, 1.82) is 0 Å². The fourth-order valence-electron chi connectivity index (χ4n) is 2.90. The highest BCUT2D eigenvalue weighted by Crippen LogP contribution is 2.38. The lowest BCUT2D eigenvalue weighted by Crippen LogP contribution is -2.20. The third-order valence-corrected chi connectivity index (χ3v) is 4.58. The summed E-state index contributed by atoms with van der Waals surface area (Å²) in [7, 11) is 1.29. The van der Waals surface area contributed by atoms with Gasteiger partial charge >= 0.3 is 5.97 Å². The Balaban J connectivity index is 2.05. The first kappa shape index (κ1) is 16.8. The normalized spacial score (nSPS) is 19.9. The van der Waals surface area contributed by atoms with Crippen LogP contribution in [0.2, 0.25) is 0 Å². The van der Waals surface area contributed by atoms with Crippen molar-refractivity contribution in [2.75, 3.05) is 7.11 Å². The first-order valence-electron chi connectivity index (χ1n) is 7.35. The lowest BCUT2D eigenvalue weighted by molar-refractivity contribution is -0.145. The second-order valence-corrected chi connectivity index (χ2v) is 6.42. The van der Waals surface area contributed by atoms with Gasteiger partial charge < -0.3 is 4.74 Å². The third-order valence-electron chi connectivity index (χ3n) is 4.06. The van der Waals surface area contributed by atoms with Crippen LogP contribution in [0.3, 0.4) is 0 Å². The smallest absolute Gasteiger partial charge is 0.311 e. The molecule has 0 spiro atoms. The number of hydrogen-bond donors (Lipinski definition) is 0. The second-order valence-electron chi connectivity index (χ2n) is 5.50. The number of esters is 1. The Labute approximate surface area is 146 Å². The lowest BCUT2D eigenvalue weighted by Gasteiger charge is -2.16. The fourth-order valence-corrected chi connectivity index (χ4v) is 3.17. The van der Waals surface area contributed by atoms with Crippen molar-refractivity contribution < 1.29 is 18.3 Å². The van der Waals surface area contributed by atoms with Crippen molar-refractivity contribution in [2.24, 2.45) is 10.9 Å². The first-order valence-corrected chi connectivity index (χ1v) is 8.15. The molecule has 1 aliphatic rings. The Morgan fingerprint density at radius 3 is 2.38 bits per heavy atom. The van der Waals surface area contributed by atoms with Crippen LogP contribution < -0.4 is 0 Å². The van der Waals surface area contributed by atoms with Crippen LogP contribution in [-0.4, -0.2) is 18.8 Å². The molecule has 0 fully saturated rings. The van der Waals surface area contributed by atoms with Gasteiger partial charge in [-0.3, -0.25) is 9.79 Å². The number of hydrogen-bond acceptors (Lipinski definition) is 3. The van der Waals surface area contributed by atoms with Gasteiger partial charge in [0.25, 0.3) is 0 Å². The van der Waals surface area contributed by atoms with E-state index in [0.717, 1.165) is 10.0 Å². The summed E-state index contributed by atoms with van der Waals surface area (Å²) in [6.07, 6.45) is 0.130. The summed E-state index contributed by atoms with van der Waals surface area (Å²) in [5.41, 5.74) is 0.861. The molecule has 0 N–H and O–H groups in total. The maximum atomic E-state index is 14.1. The van der Waals surface area contributed by atoms with Gasteiger partial charge in [0.2, 0.25) is 0 Å². The van der Waals surface area contributed by atoms with Crippen LogP contribution in [0.25, 0.3) is 0 Å². The van der Waals surface area contributed by atoms with E-state index in [1.54, 1.807) is 0 Å². The summed E-state index contributed by atoms with van der Waals surface area (Å²) in [4.78, 5) is 16.6. The topological polar surface area (TPSA) is 38.7 Å². The summed E-state index contributed by atoms with van der Waals surface area (Å²) in [5.74, 6) is -2.42. The molecule has 0 unspecified atom stereocenters. The van der Waals surface area contributed by atoms with E-state index >= 15 is 0 Å². The van der Waals surface area contributed by atoms with E-state index in [0.29, 0.717) is 0 Å². The van der Waals surface area contributed by atoms with Crippen molar-refractivity contribution in [1.82, 2.24) is 0 Å². The molecule has 1 heterocycles. The van der Waals surface area contributed by atoms with Crippen LogP contribution in [0, 0.1) is 17.6 Å². The number of rotatable bonds is 3. The molecule has 0 bridgehead atoms. The van der Waals surface area contributed by atoms with E-state index < -0.39 is 29.6 Å². The summed E-state index contributed by atoms with van der Waals surface area (Å²) in [5, 5.41) is 0. The highest BCUT2D eigenvalue weighted by atomic mass is 79.9. The van der Waals surface area contributed by atoms with Crippen molar-refractivity contribution in [3.05, 3.63) is 69.7 Å². The van der Waals surface area contributed by atoms with Gasteiger partial charge in [-0.15, -0.1) is 0 Å². The largest absolute Gasteiger partial charge is 0.469 e. The summed E-state index contributed by atoms with van der Waals surface area (Å²) < 4.78 is 33.8. The number of halogens is 3. The standard InChI is InChI=1S/C18H14BrF2NO2/c1-24-18(23)12-9-15(16-13(20)3-2-4-14(16)21)22-17(12)10-5-7-11(19)8-6-10/h2-8,12,17H,9H2,1H3/t12-,17-/m0/s1. The molecule has 6 heteroatoms. The van der Waals surface area contributed by atoms with Crippen LogP contribution in [0.5, 0.6) is 0 Å². The lowest BCUT2D eigenvalue weighted by atomic mass is 9.91. The van der Waals surface area contributed by atoms with E-state index in [9.17, 15) is 13.6 Å².